The van der Waals surface area contributed by atoms with Crippen molar-refractivity contribution >= 4 is 11.8 Å². The molecule has 1 aliphatic heterocycles. The third-order valence-electron chi connectivity index (χ3n) is 4.23. The largest absolute Gasteiger partial charge is 0.443 e. The smallest absolute Gasteiger partial charge is 0.276 e. The summed E-state index contributed by atoms with van der Waals surface area (Å²) in [6, 6.07) is 7.37. The predicted molar refractivity (Wildman–Crippen MR) is 88.7 cm³/mol. The summed E-state index contributed by atoms with van der Waals surface area (Å²) in [5, 5.41) is 2.79. The second kappa shape index (κ2) is 6.86. The molecular weight excluding hydrogens is 306 g/mol. The van der Waals surface area contributed by atoms with Gasteiger partial charge in [-0.1, -0.05) is 18.2 Å². The second-order valence-electron chi connectivity index (χ2n) is 6.01. The highest BCUT2D eigenvalue weighted by molar-refractivity contribution is 5.95. The zero-order valence-electron chi connectivity index (χ0n) is 14.0. The molecule has 0 unspecified atom stereocenters. The molecule has 24 heavy (non-hydrogen) atoms. The van der Waals surface area contributed by atoms with E-state index in [4.69, 9.17) is 4.42 Å². The highest BCUT2D eigenvalue weighted by Gasteiger charge is 2.25. The van der Waals surface area contributed by atoms with E-state index in [0.29, 0.717) is 22.9 Å². The molecule has 1 aromatic heterocycles. The van der Waals surface area contributed by atoms with E-state index in [1.165, 1.54) is 0 Å². The lowest BCUT2D eigenvalue weighted by atomic mass is 10.1. The van der Waals surface area contributed by atoms with Crippen LogP contribution in [-0.4, -0.2) is 34.8 Å². The third-order valence-corrected chi connectivity index (χ3v) is 4.23. The first-order valence-corrected chi connectivity index (χ1v) is 8.15. The molecule has 2 aromatic rings. The number of aromatic nitrogens is 1. The number of likely N-dealkylation sites (tertiary alicyclic amines) is 1. The first kappa shape index (κ1) is 16.2. The number of oxazole rings is 1. The highest BCUT2D eigenvalue weighted by Crippen LogP contribution is 2.16. The number of benzene rings is 1. The normalized spacial score (nSPS) is 14.0. The van der Waals surface area contributed by atoms with Gasteiger partial charge in [-0.2, -0.15) is 0 Å². The Bertz CT molecular complexity index is 761. The van der Waals surface area contributed by atoms with Gasteiger partial charge in [-0.15, -0.1) is 0 Å². The molecule has 1 fully saturated rings. The van der Waals surface area contributed by atoms with Crippen LogP contribution in [0.4, 0.5) is 0 Å². The van der Waals surface area contributed by atoms with Gasteiger partial charge in [-0.3, -0.25) is 9.59 Å². The Morgan fingerprint density at radius 2 is 1.92 bits per heavy atom. The average Bonchev–Trinajstić information content (AvgIpc) is 3.22. The van der Waals surface area contributed by atoms with Crippen molar-refractivity contribution in [3.8, 4) is 0 Å². The van der Waals surface area contributed by atoms with E-state index in [-0.39, 0.29) is 18.4 Å². The lowest BCUT2D eigenvalue weighted by Crippen LogP contribution is -2.28. The molecule has 2 amide bonds. The number of aryl methyl sites for hydroxylation is 2. The minimum atomic E-state index is -0.184. The molecule has 1 aliphatic rings. The van der Waals surface area contributed by atoms with Crippen molar-refractivity contribution in [2.45, 2.75) is 33.2 Å². The Hall–Kier alpha value is -2.63. The fourth-order valence-electron chi connectivity index (χ4n) is 2.87. The molecule has 0 spiro atoms. The maximum absolute atomic E-state index is 12.4. The van der Waals surface area contributed by atoms with Gasteiger partial charge in [-0.05, 0) is 38.3 Å². The fraction of sp³-hybridized carbons (Fsp3) is 0.389. The van der Waals surface area contributed by atoms with Crippen LogP contribution in [0.25, 0.3) is 0 Å². The minimum Gasteiger partial charge on any atom is -0.443 e. The molecular formula is C18H21N3O3. The SMILES string of the molecule is Cc1ccccc1C(=O)NCc1nc(C(=O)N2CCCC2)c(C)o1. The molecule has 1 N–H and O–H groups in total. The summed E-state index contributed by atoms with van der Waals surface area (Å²) in [5.74, 6) is 0.561. The second-order valence-corrected chi connectivity index (χ2v) is 6.01. The highest BCUT2D eigenvalue weighted by atomic mass is 16.4. The molecule has 126 valence electrons. The van der Waals surface area contributed by atoms with Crippen molar-refractivity contribution in [3.05, 3.63) is 52.7 Å². The summed E-state index contributed by atoms with van der Waals surface area (Å²) in [4.78, 5) is 30.7. The Morgan fingerprint density at radius 1 is 1.21 bits per heavy atom. The summed E-state index contributed by atoms with van der Waals surface area (Å²) < 4.78 is 5.54. The third kappa shape index (κ3) is 3.32. The summed E-state index contributed by atoms with van der Waals surface area (Å²) in [6.07, 6.45) is 2.06. The number of nitrogens with zero attached hydrogens (tertiary/aromatic N) is 2. The van der Waals surface area contributed by atoms with Crippen LogP contribution < -0.4 is 5.32 Å². The van der Waals surface area contributed by atoms with Gasteiger partial charge in [0.2, 0.25) is 5.89 Å². The minimum absolute atomic E-state index is 0.0924. The monoisotopic (exact) mass is 327 g/mol. The zero-order chi connectivity index (χ0) is 17.1. The fourth-order valence-corrected chi connectivity index (χ4v) is 2.87. The molecule has 1 aromatic carbocycles. The van der Waals surface area contributed by atoms with Gasteiger partial charge >= 0.3 is 0 Å². The Kier molecular flexibility index (Phi) is 4.64. The average molecular weight is 327 g/mol. The van der Waals surface area contributed by atoms with Crippen molar-refractivity contribution in [3.63, 3.8) is 0 Å². The number of amides is 2. The van der Waals surface area contributed by atoms with Gasteiger partial charge in [0.25, 0.3) is 11.8 Å². The van der Waals surface area contributed by atoms with Crippen molar-refractivity contribution in [2.75, 3.05) is 13.1 Å². The molecule has 0 radical (unpaired) electrons. The number of hydrogen-bond acceptors (Lipinski definition) is 4. The quantitative estimate of drug-likeness (QED) is 0.936. The number of nitrogens with one attached hydrogen (secondary N) is 1. The molecule has 0 saturated carbocycles. The number of rotatable bonds is 4. The Labute approximate surface area is 140 Å². The van der Waals surface area contributed by atoms with Crippen molar-refractivity contribution in [1.29, 1.82) is 0 Å². The van der Waals surface area contributed by atoms with Crippen LogP contribution in [-0.2, 0) is 6.54 Å². The predicted octanol–water partition coefficient (Wildman–Crippen LogP) is 2.46. The van der Waals surface area contributed by atoms with E-state index in [2.05, 4.69) is 10.3 Å². The van der Waals surface area contributed by atoms with E-state index in [9.17, 15) is 9.59 Å². The number of hydrogen-bond donors (Lipinski definition) is 1. The van der Waals surface area contributed by atoms with Crippen molar-refractivity contribution in [1.82, 2.24) is 15.2 Å². The van der Waals surface area contributed by atoms with E-state index in [0.717, 1.165) is 31.5 Å². The van der Waals surface area contributed by atoms with Gasteiger partial charge in [-0.25, -0.2) is 4.98 Å². The molecule has 0 bridgehead atoms. The van der Waals surface area contributed by atoms with Crippen LogP contribution >= 0.6 is 0 Å². The van der Waals surface area contributed by atoms with Crippen LogP contribution in [0.1, 0.15) is 50.9 Å². The lowest BCUT2D eigenvalue weighted by molar-refractivity contribution is 0.0785. The first-order valence-electron chi connectivity index (χ1n) is 8.15. The van der Waals surface area contributed by atoms with Gasteiger partial charge < -0.3 is 14.6 Å². The number of carbonyl (C=O) groups excluding carboxylic acids is 2. The molecule has 2 heterocycles. The van der Waals surface area contributed by atoms with Gasteiger partial charge in [0.15, 0.2) is 5.69 Å². The molecule has 6 heteroatoms. The van der Waals surface area contributed by atoms with Crippen LogP contribution in [0.5, 0.6) is 0 Å². The summed E-state index contributed by atoms with van der Waals surface area (Å²) >= 11 is 0. The van der Waals surface area contributed by atoms with E-state index in [1.54, 1.807) is 17.9 Å². The maximum atomic E-state index is 12.4. The zero-order valence-corrected chi connectivity index (χ0v) is 14.0. The van der Waals surface area contributed by atoms with Crippen LogP contribution in [0.2, 0.25) is 0 Å². The summed E-state index contributed by atoms with van der Waals surface area (Å²) in [6.45, 7) is 5.30. The van der Waals surface area contributed by atoms with Crippen LogP contribution in [0, 0.1) is 13.8 Å². The molecule has 0 aliphatic carbocycles. The van der Waals surface area contributed by atoms with E-state index in [1.807, 2.05) is 25.1 Å². The molecule has 1 saturated heterocycles. The first-order chi connectivity index (χ1) is 11.6. The molecule has 6 nitrogen and oxygen atoms in total. The van der Waals surface area contributed by atoms with E-state index < -0.39 is 0 Å². The topological polar surface area (TPSA) is 75.4 Å². The summed E-state index contributed by atoms with van der Waals surface area (Å²) in [7, 11) is 0. The van der Waals surface area contributed by atoms with Gasteiger partial charge in [0, 0.05) is 18.7 Å². The van der Waals surface area contributed by atoms with Crippen LogP contribution in [0.15, 0.2) is 28.7 Å². The van der Waals surface area contributed by atoms with Gasteiger partial charge in [0.05, 0.1) is 6.54 Å². The standard InChI is InChI=1S/C18H21N3O3/c1-12-7-3-4-8-14(12)17(22)19-11-15-20-16(13(2)24-15)18(23)21-9-5-6-10-21/h3-4,7-8H,5-6,9-11H2,1-2H3,(H,19,22). The van der Waals surface area contributed by atoms with Gasteiger partial charge in [0.1, 0.15) is 5.76 Å². The molecule has 0 atom stereocenters. The number of carbonyl (C=O) groups is 2. The van der Waals surface area contributed by atoms with Crippen molar-refractivity contribution < 1.29 is 14.0 Å². The Morgan fingerprint density at radius 3 is 2.62 bits per heavy atom. The van der Waals surface area contributed by atoms with E-state index >= 15 is 0 Å². The lowest BCUT2D eigenvalue weighted by Gasteiger charge is -2.13. The van der Waals surface area contributed by atoms with Crippen LogP contribution in [0.3, 0.4) is 0 Å². The molecule has 3 rings (SSSR count). The maximum Gasteiger partial charge on any atom is 0.276 e. The summed E-state index contributed by atoms with van der Waals surface area (Å²) in [5.41, 5.74) is 1.87. The van der Waals surface area contributed by atoms with Crippen molar-refractivity contribution in [2.24, 2.45) is 0 Å². The Balaban J connectivity index is 1.66.